The average Bonchev–Trinajstić information content (AvgIpc) is 2.03. The lowest BCUT2D eigenvalue weighted by molar-refractivity contribution is 0.315. The van der Waals surface area contributed by atoms with Gasteiger partial charge in [-0.1, -0.05) is 0 Å². The molecule has 1 aliphatic heterocycles. The van der Waals surface area contributed by atoms with Crippen LogP contribution in [-0.2, 0) is 0 Å². The molecule has 1 heterocycles. The Bertz CT molecular complexity index is 111. The van der Waals surface area contributed by atoms with Gasteiger partial charge in [0, 0.05) is 32.4 Å². The second-order valence-corrected chi connectivity index (χ2v) is 2.49. The van der Waals surface area contributed by atoms with Crippen molar-refractivity contribution in [2.24, 2.45) is 4.99 Å². The van der Waals surface area contributed by atoms with Crippen LogP contribution in [0.1, 0.15) is 0 Å². The SMILES string of the molecule is CNCCN1CC=NCC1. The monoisotopic (exact) mass is 141 g/mol. The fourth-order valence-electron chi connectivity index (χ4n) is 1.03. The number of rotatable bonds is 3. The largest absolute Gasteiger partial charge is 0.318 e. The van der Waals surface area contributed by atoms with Crippen molar-refractivity contribution in [1.29, 1.82) is 0 Å². The van der Waals surface area contributed by atoms with Gasteiger partial charge in [0.2, 0.25) is 0 Å². The summed E-state index contributed by atoms with van der Waals surface area (Å²) in [5.41, 5.74) is 0. The molecule has 0 saturated heterocycles. The van der Waals surface area contributed by atoms with Gasteiger partial charge in [-0.2, -0.15) is 0 Å². The summed E-state index contributed by atoms with van der Waals surface area (Å²) >= 11 is 0. The van der Waals surface area contributed by atoms with E-state index >= 15 is 0 Å². The minimum absolute atomic E-state index is 0.976. The van der Waals surface area contributed by atoms with Gasteiger partial charge in [0.15, 0.2) is 0 Å². The number of hydrogen-bond donors (Lipinski definition) is 1. The molecule has 1 N–H and O–H groups in total. The summed E-state index contributed by atoms with van der Waals surface area (Å²) in [6, 6.07) is 0. The molecular weight excluding hydrogens is 126 g/mol. The number of likely N-dealkylation sites (N-methyl/N-ethyl adjacent to an activating group) is 1. The Morgan fingerprint density at radius 1 is 1.70 bits per heavy atom. The van der Waals surface area contributed by atoms with Gasteiger partial charge < -0.3 is 5.32 Å². The summed E-state index contributed by atoms with van der Waals surface area (Å²) in [6.07, 6.45) is 2.00. The summed E-state index contributed by atoms with van der Waals surface area (Å²) in [6.45, 7) is 5.35. The topological polar surface area (TPSA) is 27.6 Å². The van der Waals surface area contributed by atoms with Crippen LogP contribution in [0.4, 0.5) is 0 Å². The van der Waals surface area contributed by atoms with Gasteiger partial charge in [0.1, 0.15) is 0 Å². The zero-order valence-electron chi connectivity index (χ0n) is 6.51. The van der Waals surface area contributed by atoms with Crippen molar-refractivity contribution in [3.05, 3.63) is 0 Å². The van der Waals surface area contributed by atoms with E-state index in [0.29, 0.717) is 0 Å². The molecule has 0 saturated carbocycles. The molecule has 0 spiro atoms. The average molecular weight is 141 g/mol. The summed E-state index contributed by atoms with van der Waals surface area (Å²) in [7, 11) is 1.98. The zero-order valence-corrected chi connectivity index (χ0v) is 6.51. The van der Waals surface area contributed by atoms with Gasteiger partial charge in [-0.05, 0) is 7.05 Å². The van der Waals surface area contributed by atoms with Crippen molar-refractivity contribution in [1.82, 2.24) is 10.2 Å². The number of nitrogens with one attached hydrogen (secondary N) is 1. The highest BCUT2D eigenvalue weighted by Crippen LogP contribution is 1.90. The van der Waals surface area contributed by atoms with E-state index in [1.54, 1.807) is 0 Å². The Morgan fingerprint density at radius 3 is 3.20 bits per heavy atom. The third-order valence-corrected chi connectivity index (χ3v) is 1.69. The lowest BCUT2D eigenvalue weighted by Crippen LogP contribution is -2.36. The van der Waals surface area contributed by atoms with E-state index in [2.05, 4.69) is 15.2 Å². The van der Waals surface area contributed by atoms with E-state index in [4.69, 9.17) is 0 Å². The molecule has 10 heavy (non-hydrogen) atoms. The van der Waals surface area contributed by atoms with Crippen LogP contribution >= 0.6 is 0 Å². The highest BCUT2D eigenvalue weighted by atomic mass is 15.2. The van der Waals surface area contributed by atoms with Crippen molar-refractivity contribution in [2.45, 2.75) is 0 Å². The molecule has 0 aromatic rings. The maximum atomic E-state index is 4.15. The summed E-state index contributed by atoms with van der Waals surface area (Å²) in [4.78, 5) is 6.54. The molecular formula is C7H15N3. The predicted octanol–water partition coefficient (Wildman–Crippen LogP) is -0.408. The van der Waals surface area contributed by atoms with Crippen molar-refractivity contribution in [2.75, 3.05) is 39.8 Å². The van der Waals surface area contributed by atoms with Crippen LogP contribution in [0.25, 0.3) is 0 Å². The first-order valence-electron chi connectivity index (χ1n) is 3.78. The third kappa shape index (κ3) is 2.45. The molecule has 0 bridgehead atoms. The second-order valence-electron chi connectivity index (χ2n) is 2.49. The molecule has 0 fully saturated rings. The molecule has 1 rings (SSSR count). The van der Waals surface area contributed by atoms with Crippen LogP contribution in [0.2, 0.25) is 0 Å². The van der Waals surface area contributed by atoms with Crippen LogP contribution in [0.3, 0.4) is 0 Å². The van der Waals surface area contributed by atoms with Crippen molar-refractivity contribution in [3.8, 4) is 0 Å². The van der Waals surface area contributed by atoms with Crippen LogP contribution in [-0.4, -0.2) is 50.9 Å². The standard InChI is InChI=1S/C7H15N3/c1-8-2-5-10-6-3-9-4-7-10/h3,8H,2,4-7H2,1H3. The fraction of sp³-hybridized carbons (Fsp3) is 0.857. The molecule has 0 atom stereocenters. The highest BCUT2D eigenvalue weighted by Gasteiger charge is 2.03. The highest BCUT2D eigenvalue weighted by molar-refractivity contribution is 5.60. The maximum absolute atomic E-state index is 4.15. The van der Waals surface area contributed by atoms with Crippen molar-refractivity contribution < 1.29 is 0 Å². The van der Waals surface area contributed by atoms with Gasteiger partial charge in [-0.3, -0.25) is 9.89 Å². The van der Waals surface area contributed by atoms with E-state index in [-0.39, 0.29) is 0 Å². The first kappa shape index (κ1) is 7.69. The van der Waals surface area contributed by atoms with E-state index in [9.17, 15) is 0 Å². The zero-order chi connectivity index (χ0) is 7.23. The second kappa shape index (κ2) is 4.41. The Hall–Kier alpha value is -0.410. The molecule has 0 unspecified atom stereocenters. The van der Waals surface area contributed by atoms with Crippen molar-refractivity contribution in [3.63, 3.8) is 0 Å². The van der Waals surface area contributed by atoms with E-state index in [1.807, 2.05) is 13.3 Å². The quantitative estimate of drug-likeness (QED) is 0.578. The summed E-state index contributed by atoms with van der Waals surface area (Å²) < 4.78 is 0. The molecule has 0 amide bonds. The molecule has 0 aromatic heterocycles. The Morgan fingerprint density at radius 2 is 2.60 bits per heavy atom. The molecule has 58 valence electrons. The first-order valence-corrected chi connectivity index (χ1v) is 3.78. The van der Waals surface area contributed by atoms with Crippen LogP contribution in [0.15, 0.2) is 4.99 Å². The summed E-state index contributed by atoms with van der Waals surface area (Å²) in [5.74, 6) is 0. The van der Waals surface area contributed by atoms with Gasteiger partial charge >= 0.3 is 0 Å². The number of aliphatic imine (C=N–C) groups is 1. The normalized spacial score (nSPS) is 19.7. The predicted molar refractivity (Wildman–Crippen MR) is 43.7 cm³/mol. The van der Waals surface area contributed by atoms with E-state index in [1.165, 1.54) is 0 Å². The van der Waals surface area contributed by atoms with Crippen LogP contribution < -0.4 is 5.32 Å². The minimum Gasteiger partial charge on any atom is -0.318 e. The lowest BCUT2D eigenvalue weighted by atomic mass is 10.4. The Labute approximate surface area is 62.1 Å². The molecule has 3 heteroatoms. The fourth-order valence-corrected chi connectivity index (χ4v) is 1.03. The summed E-state index contributed by atoms with van der Waals surface area (Å²) in [5, 5.41) is 3.13. The van der Waals surface area contributed by atoms with Gasteiger partial charge in [-0.15, -0.1) is 0 Å². The molecule has 0 aromatic carbocycles. The van der Waals surface area contributed by atoms with Crippen LogP contribution in [0.5, 0.6) is 0 Å². The minimum atomic E-state index is 0.976. The van der Waals surface area contributed by atoms with E-state index < -0.39 is 0 Å². The van der Waals surface area contributed by atoms with Crippen molar-refractivity contribution >= 4 is 6.21 Å². The Kier molecular flexibility index (Phi) is 3.40. The molecule has 3 nitrogen and oxygen atoms in total. The lowest BCUT2D eigenvalue weighted by Gasteiger charge is -2.21. The van der Waals surface area contributed by atoms with Gasteiger partial charge in [0.05, 0.1) is 6.54 Å². The third-order valence-electron chi connectivity index (χ3n) is 1.69. The molecule has 0 radical (unpaired) electrons. The maximum Gasteiger partial charge on any atom is 0.0513 e. The smallest absolute Gasteiger partial charge is 0.0513 e. The first-order chi connectivity index (χ1) is 4.93. The van der Waals surface area contributed by atoms with Gasteiger partial charge in [0.25, 0.3) is 0 Å². The molecule has 1 aliphatic rings. The van der Waals surface area contributed by atoms with Gasteiger partial charge in [-0.25, -0.2) is 0 Å². The Balaban J connectivity index is 2.10. The van der Waals surface area contributed by atoms with Crippen LogP contribution in [0, 0.1) is 0 Å². The number of nitrogens with zero attached hydrogens (tertiary/aromatic N) is 2. The molecule has 0 aliphatic carbocycles. The number of hydrogen-bond acceptors (Lipinski definition) is 3. The van der Waals surface area contributed by atoms with E-state index in [0.717, 1.165) is 32.7 Å².